The number of likely N-dealkylation sites (tertiary alicyclic amines) is 1. The Morgan fingerprint density at radius 1 is 1.20 bits per heavy atom. The first-order chi connectivity index (χ1) is 14.0. The lowest BCUT2D eigenvalue weighted by Gasteiger charge is -2.35. The third kappa shape index (κ3) is 4.10. The van der Waals surface area contributed by atoms with Gasteiger partial charge in [-0.3, -0.25) is 0 Å². The van der Waals surface area contributed by atoms with Crippen LogP contribution < -0.4 is 4.74 Å². The van der Waals surface area contributed by atoms with Gasteiger partial charge in [0, 0.05) is 30.8 Å². The van der Waals surface area contributed by atoms with Crippen LogP contribution in [0.4, 0.5) is 18.0 Å². The molecule has 2 heterocycles. The van der Waals surface area contributed by atoms with Gasteiger partial charge in [0.2, 0.25) is 5.88 Å². The molecule has 3 atom stereocenters. The summed E-state index contributed by atoms with van der Waals surface area (Å²) in [7, 11) is 0. The highest BCUT2D eigenvalue weighted by Gasteiger charge is 2.79. The summed E-state index contributed by atoms with van der Waals surface area (Å²) in [6, 6.07) is 5.57. The number of carbonyl (C=O) groups is 1. The van der Waals surface area contributed by atoms with Gasteiger partial charge in [0.1, 0.15) is 5.60 Å². The van der Waals surface area contributed by atoms with E-state index in [2.05, 4.69) is 4.98 Å². The maximum absolute atomic E-state index is 13.0. The van der Waals surface area contributed by atoms with Crippen molar-refractivity contribution in [3.8, 4) is 5.88 Å². The van der Waals surface area contributed by atoms with Crippen LogP contribution in [-0.4, -0.2) is 47.5 Å². The minimum atomic E-state index is -4.08. The summed E-state index contributed by atoms with van der Waals surface area (Å²) in [6.45, 7) is 7.05. The lowest BCUT2D eigenvalue weighted by Crippen LogP contribution is -2.41. The molecule has 1 aromatic heterocycles. The number of pyridine rings is 1. The summed E-state index contributed by atoms with van der Waals surface area (Å²) >= 11 is 0. The zero-order valence-electron chi connectivity index (χ0n) is 17.7. The van der Waals surface area contributed by atoms with Crippen molar-refractivity contribution in [1.82, 2.24) is 9.88 Å². The second-order valence-electron chi connectivity index (χ2n) is 9.88. The second-order valence-corrected chi connectivity index (χ2v) is 9.88. The molecule has 0 radical (unpaired) electrons. The van der Waals surface area contributed by atoms with Crippen LogP contribution in [0, 0.1) is 17.3 Å². The smallest absolute Gasteiger partial charge is 0.410 e. The van der Waals surface area contributed by atoms with E-state index < -0.39 is 17.2 Å². The summed E-state index contributed by atoms with van der Waals surface area (Å²) in [5, 5.41) is 0. The minimum absolute atomic E-state index is 0.0332. The molecule has 4 rings (SSSR count). The Balaban J connectivity index is 1.26. The highest BCUT2D eigenvalue weighted by atomic mass is 19.4. The fourth-order valence-corrected chi connectivity index (χ4v) is 4.87. The average Bonchev–Trinajstić information content (AvgIpc) is 3.27. The number of fused-ring (bicyclic) bond motifs is 1. The first kappa shape index (κ1) is 21.2. The number of nitrogens with zero attached hydrogens (tertiary/aromatic N) is 2. The molecule has 3 unspecified atom stereocenters. The van der Waals surface area contributed by atoms with Crippen LogP contribution in [0.2, 0.25) is 0 Å². The molecule has 1 amide bonds. The van der Waals surface area contributed by atoms with Crippen LogP contribution in [0.5, 0.6) is 5.88 Å². The molecule has 3 aliphatic rings. The van der Waals surface area contributed by atoms with Gasteiger partial charge in [-0.2, -0.15) is 13.2 Å². The highest BCUT2D eigenvalue weighted by Crippen LogP contribution is 2.76. The molecular formula is C22H29F3N2O3. The van der Waals surface area contributed by atoms with Gasteiger partial charge in [-0.05, 0) is 64.4 Å². The molecule has 0 bridgehead atoms. The quantitative estimate of drug-likeness (QED) is 0.667. The highest BCUT2D eigenvalue weighted by molar-refractivity contribution is 5.68. The van der Waals surface area contributed by atoms with Crippen LogP contribution in [0.3, 0.4) is 0 Å². The molecule has 3 fully saturated rings. The van der Waals surface area contributed by atoms with E-state index in [0.29, 0.717) is 19.0 Å². The summed E-state index contributed by atoms with van der Waals surface area (Å²) in [5.41, 5.74) is -1.03. The Morgan fingerprint density at radius 3 is 2.47 bits per heavy atom. The zero-order valence-corrected chi connectivity index (χ0v) is 17.7. The average molecular weight is 426 g/mol. The molecule has 0 spiro atoms. The Hall–Kier alpha value is -1.99. The lowest BCUT2D eigenvalue weighted by atomic mass is 9.75. The number of halogens is 3. The van der Waals surface area contributed by atoms with Gasteiger partial charge in [-0.15, -0.1) is 0 Å². The van der Waals surface area contributed by atoms with Gasteiger partial charge in [0.25, 0.3) is 0 Å². The van der Waals surface area contributed by atoms with Crippen molar-refractivity contribution < 1.29 is 27.4 Å². The number of ether oxygens (including phenoxy) is 2. The predicted molar refractivity (Wildman–Crippen MR) is 104 cm³/mol. The first-order valence-corrected chi connectivity index (χ1v) is 10.6. The van der Waals surface area contributed by atoms with Gasteiger partial charge < -0.3 is 14.4 Å². The number of carbonyl (C=O) groups excluding carboxylic acids is 1. The van der Waals surface area contributed by atoms with Gasteiger partial charge in [-0.25, -0.2) is 9.78 Å². The molecular weight excluding hydrogens is 397 g/mol. The topological polar surface area (TPSA) is 51.7 Å². The number of alkyl halides is 3. The lowest BCUT2D eigenvalue weighted by molar-refractivity contribution is -0.219. The number of piperidine rings is 1. The maximum atomic E-state index is 13.0. The zero-order chi connectivity index (χ0) is 21.7. The van der Waals surface area contributed by atoms with Crippen LogP contribution >= 0.6 is 0 Å². The van der Waals surface area contributed by atoms with E-state index >= 15 is 0 Å². The van der Waals surface area contributed by atoms with Crippen molar-refractivity contribution in [2.75, 3.05) is 19.7 Å². The molecule has 30 heavy (non-hydrogen) atoms. The van der Waals surface area contributed by atoms with Crippen molar-refractivity contribution in [2.45, 2.75) is 64.1 Å². The SMILES string of the molecule is CC(C)(C)OC(=O)N1CCC(c2cccc(OCC3CC4(C(F)(F)F)CC34)n2)CC1. The van der Waals surface area contributed by atoms with Crippen molar-refractivity contribution in [1.29, 1.82) is 0 Å². The number of hydrogen-bond acceptors (Lipinski definition) is 4. The molecule has 1 aromatic rings. The van der Waals surface area contributed by atoms with Crippen molar-refractivity contribution in [3.63, 3.8) is 0 Å². The summed E-state index contributed by atoms with van der Waals surface area (Å²) in [4.78, 5) is 18.5. The molecule has 0 N–H and O–H groups in total. The van der Waals surface area contributed by atoms with E-state index in [4.69, 9.17) is 9.47 Å². The van der Waals surface area contributed by atoms with E-state index in [0.717, 1.165) is 18.5 Å². The number of aromatic nitrogens is 1. The van der Waals surface area contributed by atoms with Crippen LogP contribution in [-0.2, 0) is 4.74 Å². The fourth-order valence-electron chi connectivity index (χ4n) is 4.87. The fraction of sp³-hybridized carbons (Fsp3) is 0.727. The third-order valence-corrected chi connectivity index (χ3v) is 6.65. The summed E-state index contributed by atoms with van der Waals surface area (Å²) < 4.78 is 50.2. The minimum Gasteiger partial charge on any atom is -0.477 e. The van der Waals surface area contributed by atoms with E-state index in [1.807, 2.05) is 32.9 Å². The predicted octanol–water partition coefficient (Wildman–Crippen LogP) is 5.16. The number of hydrogen-bond donors (Lipinski definition) is 0. The van der Waals surface area contributed by atoms with E-state index in [9.17, 15) is 18.0 Å². The van der Waals surface area contributed by atoms with E-state index in [1.165, 1.54) is 0 Å². The van der Waals surface area contributed by atoms with Gasteiger partial charge in [0.05, 0.1) is 12.0 Å². The number of rotatable bonds is 4. The number of amides is 1. The molecule has 8 heteroatoms. The van der Waals surface area contributed by atoms with Gasteiger partial charge in [0.15, 0.2) is 0 Å². The van der Waals surface area contributed by atoms with Crippen molar-refractivity contribution in [3.05, 3.63) is 23.9 Å². The van der Waals surface area contributed by atoms with E-state index in [-0.39, 0.29) is 43.3 Å². The Kier molecular flexibility index (Phi) is 5.18. The second kappa shape index (κ2) is 7.31. The Labute approximate surface area is 174 Å². The van der Waals surface area contributed by atoms with Crippen LogP contribution in [0.25, 0.3) is 0 Å². The van der Waals surface area contributed by atoms with Crippen LogP contribution in [0.1, 0.15) is 58.1 Å². The Bertz CT molecular complexity index is 800. The maximum Gasteiger partial charge on any atom is 0.410 e. The van der Waals surface area contributed by atoms with Gasteiger partial charge >= 0.3 is 12.3 Å². The van der Waals surface area contributed by atoms with Crippen molar-refractivity contribution >= 4 is 6.09 Å². The molecule has 2 aliphatic carbocycles. The summed E-state index contributed by atoms with van der Waals surface area (Å²) in [6.07, 6.45) is -2.39. The molecule has 0 aromatic carbocycles. The molecule has 5 nitrogen and oxygen atoms in total. The molecule has 166 valence electrons. The normalized spacial score (nSPS) is 29.1. The molecule has 1 aliphatic heterocycles. The monoisotopic (exact) mass is 426 g/mol. The standard InChI is InChI=1S/C22H29F3N2O3/c1-20(2,3)30-19(28)27-9-7-14(8-10-27)17-5-4-6-18(26-17)29-13-15-11-21(12-16(15)21)22(23,24)25/h4-6,14-16H,7-13H2,1-3H3. The molecule has 2 saturated carbocycles. The van der Waals surface area contributed by atoms with Gasteiger partial charge in [-0.1, -0.05) is 6.07 Å². The molecule has 1 saturated heterocycles. The third-order valence-electron chi connectivity index (χ3n) is 6.65. The van der Waals surface area contributed by atoms with Crippen LogP contribution in [0.15, 0.2) is 18.2 Å². The largest absolute Gasteiger partial charge is 0.477 e. The van der Waals surface area contributed by atoms with Crippen molar-refractivity contribution in [2.24, 2.45) is 17.3 Å². The Morgan fingerprint density at radius 2 is 1.90 bits per heavy atom. The van der Waals surface area contributed by atoms with E-state index in [1.54, 1.807) is 11.0 Å². The summed E-state index contributed by atoms with van der Waals surface area (Å²) in [5.74, 6) is 0.372. The first-order valence-electron chi connectivity index (χ1n) is 10.6.